The maximum absolute atomic E-state index is 14.7. The third-order valence-electron chi connectivity index (χ3n) is 6.51. The third kappa shape index (κ3) is 3.99. The van der Waals surface area contributed by atoms with E-state index in [9.17, 15) is 27.5 Å². The summed E-state index contributed by atoms with van der Waals surface area (Å²) in [5, 5.41) is 12.7. The van der Waals surface area contributed by atoms with Gasteiger partial charge in [0.25, 0.3) is 0 Å². The number of carboxylic acid groups (broad SMARTS) is 1. The number of amides is 1. The van der Waals surface area contributed by atoms with E-state index < -0.39 is 44.2 Å². The Balaban J connectivity index is 1.49. The Morgan fingerprint density at radius 1 is 1.23 bits per heavy atom. The van der Waals surface area contributed by atoms with Gasteiger partial charge in [0.05, 0.1) is 26.9 Å². The van der Waals surface area contributed by atoms with Gasteiger partial charge in [0.1, 0.15) is 24.5 Å². The van der Waals surface area contributed by atoms with Crippen molar-refractivity contribution in [3.8, 4) is 5.69 Å². The summed E-state index contributed by atoms with van der Waals surface area (Å²) in [4.78, 5) is 34.7. The van der Waals surface area contributed by atoms with Gasteiger partial charge < -0.3 is 10.0 Å². The Morgan fingerprint density at radius 2 is 1.97 bits per heavy atom. The van der Waals surface area contributed by atoms with E-state index in [0.717, 1.165) is 4.90 Å². The Morgan fingerprint density at radius 3 is 2.60 bits per heavy atom. The first-order valence-electron chi connectivity index (χ1n) is 10.7. The number of pyridine rings is 1. The van der Waals surface area contributed by atoms with Crippen molar-refractivity contribution < 1.29 is 27.5 Å². The van der Waals surface area contributed by atoms with Crippen LogP contribution < -0.4 is 0 Å². The van der Waals surface area contributed by atoms with Gasteiger partial charge in [-0.3, -0.25) is 9.78 Å². The van der Waals surface area contributed by atoms with Crippen molar-refractivity contribution in [2.75, 3.05) is 6.54 Å². The predicted octanol–water partition coefficient (Wildman–Crippen LogP) is 1.97. The summed E-state index contributed by atoms with van der Waals surface area (Å²) in [6, 6.07) is 6.11. The summed E-state index contributed by atoms with van der Waals surface area (Å²) in [6.45, 7) is -0.322. The normalized spacial score (nSPS) is 21.1. The van der Waals surface area contributed by atoms with Crippen LogP contribution in [0.3, 0.4) is 0 Å². The molecule has 35 heavy (non-hydrogen) atoms. The Bertz CT molecular complexity index is 1430. The number of hydrogen-bond acceptors (Lipinski definition) is 7. The molecule has 1 aliphatic carbocycles. The summed E-state index contributed by atoms with van der Waals surface area (Å²) in [7, 11) is -4.07. The van der Waals surface area contributed by atoms with Crippen molar-refractivity contribution in [2.24, 2.45) is 0 Å². The van der Waals surface area contributed by atoms with Crippen molar-refractivity contribution in [3.63, 3.8) is 0 Å². The van der Waals surface area contributed by atoms with Crippen LogP contribution in [0.5, 0.6) is 0 Å². The highest BCUT2D eigenvalue weighted by Crippen LogP contribution is 2.51. The summed E-state index contributed by atoms with van der Waals surface area (Å²) >= 11 is 1.91. The minimum Gasteiger partial charge on any atom is -0.480 e. The highest BCUT2D eigenvalue weighted by molar-refractivity contribution is 14.1. The van der Waals surface area contributed by atoms with Crippen molar-refractivity contribution in [2.45, 2.75) is 40.9 Å². The molecule has 0 spiro atoms. The molecule has 2 aliphatic rings. The lowest BCUT2D eigenvalue weighted by Gasteiger charge is -2.26. The number of sulfone groups is 1. The molecular formula is C22H19FIN5O5S. The number of carboxylic acids is 1. The predicted molar refractivity (Wildman–Crippen MR) is 128 cm³/mol. The first-order chi connectivity index (χ1) is 16.6. The fourth-order valence-corrected chi connectivity index (χ4v) is 6.88. The molecule has 10 nitrogen and oxygen atoms in total. The van der Waals surface area contributed by atoms with Gasteiger partial charge >= 0.3 is 5.97 Å². The van der Waals surface area contributed by atoms with E-state index in [1.807, 2.05) is 22.6 Å². The van der Waals surface area contributed by atoms with Crippen molar-refractivity contribution in [1.29, 1.82) is 0 Å². The molecule has 3 aromatic rings. The number of para-hydroxylation sites is 1. The monoisotopic (exact) mass is 611 g/mol. The van der Waals surface area contributed by atoms with Crippen LogP contribution in [0, 0.1) is 9.39 Å². The van der Waals surface area contributed by atoms with Crippen molar-refractivity contribution >= 4 is 44.3 Å². The van der Waals surface area contributed by atoms with Gasteiger partial charge in [-0.25, -0.2) is 27.3 Å². The molecule has 5 rings (SSSR count). The number of aromatic nitrogens is 4. The Kier molecular flexibility index (Phi) is 5.86. The molecule has 1 saturated carbocycles. The standard InChI is InChI=1S/C22H19FIN5O5S/c23-15-7-13(24)9-26-19(15)22(5-6-22)21(32)28-10-14(8-17(28)20(30)31)35(33,34)18-4-2-1-3-16(18)29-12-25-11-27-29/h1-4,7,9,11-12,14,17H,5-6,8,10H2,(H,30,31)/t14-,17+/m1/s1. The minimum absolute atomic E-state index is 0.0325. The SMILES string of the molecule is O=C(O)[C@@H]1C[C@@H](S(=O)(=O)c2ccccc2-n2cncn2)CN1C(=O)C1(c2ncc(I)cc2F)CC1. The first-order valence-corrected chi connectivity index (χ1v) is 13.3. The molecule has 1 saturated heterocycles. The number of aliphatic carboxylic acids is 1. The molecule has 3 heterocycles. The van der Waals surface area contributed by atoms with Crippen LogP contribution in [0.2, 0.25) is 0 Å². The zero-order valence-electron chi connectivity index (χ0n) is 18.1. The molecule has 1 N–H and O–H groups in total. The second-order valence-corrected chi connectivity index (χ2v) is 12.0. The molecule has 0 radical (unpaired) electrons. The van der Waals surface area contributed by atoms with E-state index in [-0.39, 0.29) is 29.2 Å². The molecule has 2 fully saturated rings. The van der Waals surface area contributed by atoms with Crippen LogP contribution in [-0.4, -0.2) is 67.9 Å². The maximum atomic E-state index is 14.7. The number of carbonyl (C=O) groups is 2. The van der Waals surface area contributed by atoms with Gasteiger partial charge in [0.2, 0.25) is 5.91 Å². The average molecular weight is 611 g/mol. The van der Waals surface area contributed by atoms with Crippen LogP contribution in [0.15, 0.2) is 54.1 Å². The van der Waals surface area contributed by atoms with Gasteiger partial charge in [0, 0.05) is 16.3 Å². The second-order valence-electron chi connectivity index (χ2n) is 8.59. The van der Waals surface area contributed by atoms with Crippen LogP contribution >= 0.6 is 22.6 Å². The largest absolute Gasteiger partial charge is 0.480 e. The zero-order valence-corrected chi connectivity index (χ0v) is 21.1. The molecule has 182 valence electrons. The highest BCUT2D eigenvalue weighted by Gasteiger charge is 2.59. The van der Waals surface area contributed by atoms with E-state index in [1.54, 1.807) is 18.2 Å². The van der Waals surface area contributed by atoms with Gasteiger partial charge in [-0.1, -0.05) is 12.1 Å². The van der Waals surface area contributed by atoms with Crippen molar-refractivity contribution in [3.05, 3.63) is 64.3 Å². The van der Waals surface area contributed by atoms with E-state index in [0.29, 0.717) is 16.4 Å². The maximum Gasteiger partial charge on any atom is 0.326 e. The second kappa shape index (κ2) is 8.62. The number of carbonyl (C=O) groups excluding carboxylic acids is 1. The fraction of sp³-hybridized carbons (Fsp3) is 0.318. The summed E-state index contributed by atoms with van der Waals surface area (Å²) < 4.78 is 43.9. The van der Waals surface area contributed by atoms with Gasteiger partial charge in [-0.05, 0) is 60.1 Å². The van der Waals surface area contributed by atoms with Crippen LogP contribution in [0.1, 0.15) is 25.0 Å². The fourth-order valence-electron chi connectivity index (χ4n) is 4.60. The molecule has 0 bridgehead atoms. The van der Waals surface area contributed by atoms with Gasteiger partial charge in [-0.15, -0.1) is 0 Å². The Hall–Kier alpha value is -2.94. The number of nitrogens with zero attached hydrogens (tertiary/aromatic N) is 5. The molecule has 1 amide bonds. The molecule has 2 aromatic heterocycles. The molecular weight excluding hydrogens is 592 g/mol. The van der Waals surface area contributed by atoms with Crippen LogP contribution in [0.4, 0.5) is 4.39 Å². The highest BCUT2D eigenvalue weighted by atomic mass is 127. The topological polar surface area (TPSA) is 135 Å². The quantitative estimate of drug-likeness (QED) is 0.419. The summed E-state index contributed by atoms with van der Waals surface area (Å²) in [5.74, 6) is -2.56. The summed E-state index contributed by atoms with van der Waals surface area (Å²) in [6.07, 6.45) is 4.41. The van der Waals surface area contributed by atoms with E-state index in [2.05, 4.69) is 15.1 Å². The lowest BCUT2D eigenvalue weighted by molar-refractivity contribution is -0.149. The Labute approximate surface area is 213 Å². The number of rotatable bonds is 6. The van der Waals surface area contributed by atoms with Gasteiger partial charge in [0.15, 0.2) is 9.84 Å². The molecule has 1 aromatic carbocycles. The summed E-state index contributed by atoms with van der Waals surface area (Å²) in [5.41, 5.74) is -1.04. The van der Waals surface area contributed by atoms with Gasteiger partial charge in [-0.2, -0.15) is 5.10 Å². The number of likely N-dealkylation sites (tertiary alicyclic amines) is 1. The average Bonchev–Trinajstić information content (AvgIpc) is 3.23. The molecule has 2 atom stereocenters. The van der Waals surface area contributed by atoms with Crippen LogP contribution in [0.25, 0.3) is 5.69 Å². The third-order valence-corrected chi connectivity index (χ3v) is 9.27. The number of hydrogen-bond donors (Lipinski definition) is 1. The number of benzene rings is 1. The van der Waals surface area contributed by atoms with Crippen molar-refractivity contribution in [1.82, 2.24) is 24.6 Å². The molecule has 13 heteroatoms. The number of halogens is 2. The zero-order chi connectivity index (χ0) is 25.0. The smallest absolute Gasteiger partial charge is 0.326 e. The van der Waals surface area contributed by atoms with E-state index >= 15 is 0 Å². The van der Waals surface area contributed by atoms with Crippen LogP contribution in [-0.2, 0) is 24.8 Å². The minimum atomic E-state index is -4.07. The lowest BCUT2D eigenvalue weighted by atomic mass is 9.98. The first kappa shape index (κ1) is 23.8. The van der Waals surface area contributed by atoms with E-state index in [1.165, 1.54) is 35.7 Å². The molecule has 1 aliphatic heterocycles. The molecule has 0 unspecified atom stereocenters. The lowest BCUT2D eigenvalue weighted by Crippen LogP contribution is -2.46. The van der Waals surface area contributed by atoms with E-state index in [4.69, 9.17) is 0 Å².